The molecule has 0 fully saturated rings. The summed E-state index contributed by atoms with van der Waals surface area (Å²) in [7, 11) is 0. The quantitative estimate of drug-likeness (QED) is 0.490. The topological polar surface area (TPSA) is 141 Å². The molecule has 82 valence electrons. The fourth-order valence-corrected chi connectivity index (χ4v) is 0.684. The van der Waals surface area contributed by atoms with Gasteiger partial charge in [0.25, 0.3) is 0 Å². The van der Waals surface area contributed by atoms with E-state index in [9.17, 15) is 29.7 Å². The van der Waals surface area contributed by atoms with E-state index in [-0.39, 0.29) is 96.1 Å². The van der Waals surface area contributed by atoms with Crippen LogP contribution in [0, 0.1) is 0 Å². The molecule has 0 spiro atoms. The third kappa shape index (κ3) is 13.6. The zero-order chi connectivity index (χ0) is 10.6. The third-order valence-electron chi connectivity index (χ3n) is 1.25. The van der Waals surface area contributed by atoms with Gasteiger partial charge in [0.2, 0.25) is 0 Å². The number of carboxylic acids is 3. The van der Waals surface area contributed by atoms with Gasteiger partial charge in [-0.05, 0) is 0 Å². The van der Waals surface area contributed by atoms with E-state index >= 15 is 0 Å². The average Bonchev–Trinajstić information content (AvgIpc) is 1.82. The Morgan fingerprint density at radius 2 is 1.12 bits per heavy atom. The van der Waals surface area contributed by atoms with E-state index in [2.05, 4.69) is 0 Å². The van der Waals surface area contributed by atoms with Crippen LogP contribution in [-0.2, 0) is 14.4 Å². The standard InChI is InChI=1S/C6H8O7.CH4.3Na/c7-3(8)1-6(13,5(11)12)2-4(9)10;;;;/h13H,1-2H2,(H,7,8)(H,9,10)(H,11,12);1H4;;;/q;;3*+1/p-3. The molecule has 17 heavy (non-hydrogen) atoms. The molecular formula is C7H9Na3O7. The van der Waals surface area contributed by atoms with Crippen LogP contribution in [0.3, 0.4) is 0 Å². The summed E-state index contributed by atoms with van der Waals surface area (Å²) in [5.41, 5.74) is -2.97. The number of carbonyl (C=O) groups is 3. The van der Waals surface area contributed by atoms with Crippen LogP contribution < -0.4 is 104 Å². The van der Waals surface area contributed by atoms with Gasteiger partial charge < -0.3 is 34.8 Å². The molecule has 0 aromatic heterocycles. The molecule has 10 heteroatoms. The molecule has 0 heterocycles. The van der Waals surface area contributed by atoms with Gasteiger partial charge >= 0.3 is 88.7 Å². The molecule has 0 unspecified atom stereocenters. The molecule has 0 atom stereocenters. The summed E-state index contributed by atoms with van der Waals surface area (Å²) >= 11 is 0. The van der Waals surface area contributed by atoms with Crippen LogP contribution in [0.2, 0.25) is 0 Å². The van der Waals surface area contributed by atoms with Gasteiger partial charge in [0, 0.05) is 24.8 Å². The van der Waals surface area contributed by atoms with Crippen LogP contribution in [0.4, 0.5) is 0 Å². The predicted octanol–water partition coefficient (Wildman–Crippen LogP) is -13.6. The van der Waals surface area contributed by atoms with E-state index in [1.807, 2.05) is 0 Å². The van der Waals surface area contributed by atoms with Crippen molar-refractivity contribution in [2.75, 3.05) is 0 Å². The first-order valence-electron chi connectivity index (χ1n) is 3.11. The van der Waals surface area contributed by atoms with Crippen molar-refractivity contribution in [1.29, 1.82) is 0 Å². The Hall–Kier alpha value is 1.37. The average molecular weight is 274 g/mol. The maximum atomic E-state index is 10.1. The molecule has 0 aliphatic heterocycles. The first-order valence-corrected chi connectivity index (χ1v) is 3.11. The molecule has 7 nitrogen and oxygen atoms in total. The van der Waals surface area contributed by atoms with Gasteiger partial charge in [0.15, 0.2) is 0 Å². The Kier molecular flexibility index (Phi) is 25.2. The molecule has 0 amide bonds. The third-order valence-corrected chi connectivity index (χ3v) is 1.25. The van der Waals surface area contributed by atoms with Gasteiger partial charge in [-0.3, -0.25) is 0 Å². The van der Waals surface area contributed by atoms with Crippen LogP contribution in [-0.4, -0.2) is 28.6 Å². The van der Waals surface area contributed by atoms with E-state index in [0.717, 1.165) is 0 Å². The first kappa shape index (κ1) is 31.0. The number of hydrogen-bond donors (Lipinski definition) is 1. The van der Waals surface area contributed by atoms with E-state index in [4.69, 9.17) is 5.11 Å². The number of carboxylic acid groups (broad SMARTS) is 3. The van der Waals surface area contributed by atoms with E-state index in [0.29, 0.717) is 0 Å². The van der Waals surface area contributed by atoms with Crippen molar-refractivity contribution in [3.05, 3.63) is 0 Å². The predicted molar refractivity (Wildman–Crippen MR) is 35.9 cm³/mol. The van der Waals surface area contributed by atoms with Crippen molar-refractivity contribution in [3.63, 3.8) is 0 Å². The van der Waals surface area contributed by atoms with Crippen molar-refractivity contribution in [1.82, 2.24) is 0 Å². The normalized spacial score (nSPS) is 8.29. The van der Waals surface area contributed by atoms with Crippen LogP contribution in [0.5, 0.6) is 0 Å². The summed E-state index contributed by atoms with van der Waals surface area (Å²) in [6.45, 7) is 0. The largest absolute Gasteiger partial charge is 1.00 e. The molecule has 0 rings (SSSR count). The van der Waals surface area contributed by atoms with Gasteiger partial charge in [0.05, 0.1) is 5.97 Å². The Balaban J connectivity index is -0.000000120. The number of hydrogen-bond acceptors (Lipinski definition) is 7. The minimum absolute atomic E-state index is 0. The smallest absolute Gasteiger partial charge is 0.550 e. The van der Waals surface area contributed by atoms with Gasteiger partial charge in [0.1, 0.15) is 5.60 Å². The maximum absolute atomic E-state index is 10.1. The van der Waals surface area contributed by atoms with Crippen molar-refractivity contribution >= 4 is 17.9 Å². The number of rotatable bonds is 5. The Morgan fingerprint density at radius 1 is 0.882 bits per heavy atom. The molecule has 0 aromatic carbocycles. The summed E-state index contributed by atoms with van der Waals surface area (Å²) in [4.78, 5) is 30.0. The first-order chi connectivity index (χ1) is 5.78. The summed E-state index contributed by atoms with van der Waals surface area (Å²) in [6, 6.07) is 0. The SMILES string of the molecule is C.O=C([O-])CC(O)(CC(=O)[O-])C(=O)[O-].[Na+].[Na+].[Na+]. The van der Waals surface area contributed by atoms with E-state index < -0.39 is 36.4 Å². The second-order valence-electron chi connectivity index (χ2n) is 2.42. The second-order valence-corrected chi connectivity index (χ2v) is 2.42. The molecule has 0 aromatic rings. The summed E-state index contributed by atoms with van der Waals surface area (Å²) in [6.07, 6.45) is -2.72. The van der Waals surface area contributed by atoms with Crippen LogP contribution in [0.15, 0.2) is 0 Å². The summed E-state index contributed by atoms with van der Waals surface area (Å²) < 4.78 is 0. The monoisotopic (exact) mass is 274 g/mol. The summed E-state index contributed by atoms with van der Waals surface area (Å²) in [5, 5.41) is 38.9. The zero-order valence-corrected chi connectivity index (χ0v) is 15.3. The summed E-state index contributed by atoms with van der Waals surface area (Å²) in [5.74, 6) is -5.98. The fraction of sp³-hybridized carbons (Fsp3) is 0.571. The number of aliphatic carboxylic acids is 3. The van der Waals surface area contributed by atoms with E-state index in [1.165, 1.54) is 0 Å². The Labute approximate surface area is 165 Å². The fourth-order valence-electron chi connectivity index (χ4n) is 0.684. The number of carbonyl (C=O) groups excluding carboxylic acids is 3. The molecule has 0 radical (unpaired) electrons. The van der Waals surface area contributed by atoms with E-state index in [1.54, 1.807) is 0 Å². The number of aliphatic hydroxyl groups is 1. The van der Waals surface area contributed by atoms with Gasteiger partial charge in [-0.25, -0.2) is 0 Å². The van der Waals surface area contributed by atoms with Crippen molar-refractivity contribution < 1.29 is 123 Å². The molecule has 0 saturated heterocycles. The van der Waals surface area contributed by atoms with Crippen LogP contribution >= 0.6 is 0 Å². The van der Waals surface area contributed by atoms with Crippen LogP contribution in [0.25, 0.3) is 0 Å². The Bertz CT molecular complexity index is 240. The van der Waals surface area contributed by atoms with Crippen molar-refractivity contribution in [2.45, 2.75) is 25.9 Å². The molecule has 0 aliphatic carbocycles. The minimum Gasteiger partial charge on any atom is -0.550 e. The zero-order valence-electron chi connectivity index (χ0n) is 9.31. The van der Waals surface area contributed by atoms with Crippen molar-refractivity contribution in [3.8, 4) is 0 Å². The molecule has 0 bridgehead atoms. The minimum atomic E-state index is -2.97. The molecule has 0 aliphatic rings. The molecule has 0 saturated carbocycles. The second kappa shape index (κ2) is 13.8. The molecular weight excluding hydrogens is 265 g/mol. The van der Waals surface area contributed by atoms with Gasteiger partial charge in [-0.2, -0.15) is 0 Å². The maximum Gasteiger partial charge on any atom is 1.00 e. The van der Waals surface area contributed by atoms with Gasteiger partial charge in [-0.1, -0.05) is 7.43 Å². The van der Waals surface area contributed by atoms with Crippen molar-refractivity contribution in [2.24, 2.45) is 0 Å². The van der Waals surface area contributed by atoms with Gasteiger partial charge in [-0.15, -0.1) is 0 Å². The van der Waals surface area contributed by atoms with Crippen LogP contribution in [0.1, 0.15) is 20.3 Å². The molecule has 1 N–H and O–H groups in total. The Morgan fingerprint density at radius 3 is 1.24 bits per heavy atom.